The summed E-state index contributed by atoms with van der Waals surface area (Å²) in [7, 11) is 0. The van der Waals surface area contributed by atoms with Crippen molar-refractivity contribution in [3.8, 4) is 0 Å². The second-order valence-electron chi connectivity index (χ2n) is 5.42. The predicted octanol–water partition coefficient (Wildman–Crippen LogP) is 1.91. The average molecular weight is 276 g/mol. The normalized spacial score (nSPS) is 16.1. The van der Waals surface area contributed by atoms with Crippen molar-refractivity contribution in [1.82, 2.24) is 4.90 Å². The summed E-state index contributed by atoms with van der Waals surface area (Å²) in [5.74, 6) is 0.0150. The van der Waals surface area contributed by atoms with Gasteiger partial charge in [0.1, 0.15) is 0 Å². The number of nitrogens with two attached hydrogens (primary N) is 1. The molecule has 1 amide bonds. The number of nitrogens with zero attached hydrogens (tertiary/aromatic N) is 1. The molecular weight excluding hydrogens is 252 g/mol. The van der Waals surface area contributed by atoms with Gasteiger partial charge < -0.3 is 15.7 Å². The van der Waals surface area contributed by atoms with E-state index in [-0.39, 0.29) is 18.6 Å². The Morgan fingerprint density at radius 2 is 2.05 bits per heavy atom. The second-order valence-corrected chi connectivity index (χ2v) is 5.42. The van der Waals surface area contributed by atoms with Crippen molar-refractivity contribution in [3.63, 3.8) is 0 Å². The zero-order chi connectivity index (χ0) is 14.4. The first-order valence-electron chi connectivity index (χ1n) is 7.47. The SMILES string of the molecule is NCc1cccc(C(=O)N(CCO)C2CCCCC2)c1. The Hall–Kier alpha value is -1.39. The van der Waals surface area contributed by atoms with Crippen molar-refractivity contribution in [3.05, 3.63) is 35.4 Å². The third kappa shape index (κ3) is 3.58. The standard InChI is InChI=1S/C16H24N2O2/c17-12-13-5-4-6-14(11-13)16(20)18(9-10-19)15-7-2-1-3-8-15/h4-6,11,15,19H,1-3,7-10,12,17H2. The van der Waals surface area contributed by atoms with E-state index in [0.717, 1.165) is 18.4 Å². The lowest BCUT2D eigenvalue weighted by molar-refractivity contribution is 0.0585. The van der Waals surface area contributed by atoms with Gasteiger partial charge in [0.2, 0.25) is 0 Å². The lowest BCUT2D eigenvalue weighted by Gasteiger charge is -2.34. The number of aliphatic hydroxyl groups excluding tert-OH is 1. The molecule has 1 aromatic rings. The van der Waals surface area contributed by atoms with Crippen molar-refractivity contribution in [1.29, 1.82) is 0 Å². The maximum Gasteiger partial charge on any atom is 0.254 e. The summed E-state index contributed by atoms with van der Waals surface area (Å²) in [5.41, 5.74) is 7.27. The van der Waals surface area contributed by atoms with Gasteiger partial charge in [0.25, 0.3) is 5.91 Å². The number of amides is 1. The minimum absolute atomic E-state index is 0.0127. The summed E-state index contributed by atoms with van der Waals surface area (Å²) in [5, 5.41) is 9.25. The van der Waals surface area contributed by atoms with Crippen LogP contribution in [0.5, 0.6) is 0 Å². The van der Waals surface area contributed by atoms with Gasteiger partial charge in [-0.05, 0) is 30.5 Å². The molecule has 1 fully saturated rings. The van der Waals surface area contributed by atoms with E-state index in [4.69, 9.17) is 5.73 Å². The summed E-state index contributed by atoms with van der Waals surface area (Å²) >= 11 is 0. The van der Waals surface area contributed by atoms with Crippen LogP contribution in [0.1, 0.15) is 48.0 Å². The smallest absolute Gasteiger partial charge is 0.254 e. The van der Waals surface area contributed by atoms with Crippen LogP contribution in [0.3, 0.4) is 0 Å². The molecule has 0 aromatic heterocycles. The molecule has 0 heterocycles. The Morgan fingerprint density at radius 1 is 1.30 bits per heavy atom. The van der Waals surface area contributed by atoms with Gasteiger partial charge in [-0.1, -0.05) is 31.4 Å². The molecule has 0 unspecified atom stereocenters. The van der Waals surface area contributed by atoms with E-state index in [1.807, 2.05) is 29.2 Å². The zero-order valence-electron chi connectivity index (χ0n) is 11.9. The van der Waals surface area contributed by atoms with Crippen molar-refractivity contribution < 1.29 is 9.90 Å². The first kappa shape index (κ1) is 15.0. The minimum atomic E-state index is 0.0127. The molecule has 1 aromatic carbocycles. The summed E-state index contributed by atoms with van der Waals surface area (Å²) in [6.07, 6.45) is 5.68. The topological polar surface area (TPSA) is 66.6 Å². The first-order valence-corrected chi connectivity index (χ1v) is 7.47. The molecule has 4 nitrogen and oxygen atoms in total. The van der Waals surface area contributed by atoms with Crippen molar-refractivity contribution in [2.75, 3.05) is 13.2 Å². The highest BCUT2D eigenvalue weighted by Crippen LogP contribution is 2.24. The van der Waals surface area contributed by atoms with Gasteiger partial charge in [-0.25, -0.2) is 0 Å². The molecule has 0 radical (unpaired) electrons. The van der Waals surface area contributed by atoms with Gasteiger partial charge in [-0.15, -0.1) is 0 Å². The second kappa shape index (κ2) is 7.41. The summed E-state index contributed by atoms with van der Waals surface area (Å²) < 4.78 is 0. The number of hydrogen-bond donors (Lipinski definition) is 2. The van der Waals surface area contributed by atoms with Crippen LogP contribution in [0.25, 0.3) is 0 Å². The molecule has 1 saturated carbocycles. The Balaban J connectivity index is 2.16. The molecule has 0 atom stereocenters. The van der Waals surface area contributed by atoms with Crippen LogP contribution in [-0.4, -0.2) is 35.1 Å². The van der Waals surface area contributed by atoms with Crippen LogP contribution >= 0.6 is 0 Å². The Morgan fingerprint density at radius 3 is 2.70 bits per heavy atom. The van der Waals surface area contributed by atoms with Gasteiger partial charge in [0, 0.05) is 24.7 Å². The van der Waals surface area contributed by atoms with Crippen molar-refractivity contribution >= 4 is 5.91 Å². The first-order chi connectivity index (χ1) is 9.76. The molecule has 0 saturated heterocycles. The lowest BCUT2D eigenvalue weighted by atomic mass is 9.93. The summed E-state index contributed by atoms with van der Waals surface area (Å²) in [6, 6.07) is 7.75. The quantitative estimate of drug-likeness (QED) is 0.863. The van der Waals surface area contributed by atoms with Crippen LogP contribution in [-0.2, 0) is 6.54 Å². The Bertz CT molecular complexity index is 442. The van der Waals surface area contributed by atoms with Gasteiger partial charge in [-0.3, -0.25) is 4.79 Å². The maximum atomic E-state index is 12.7. The summed E-state index contributed by atoms with van der Waals surface area (Å²) in [6.45, 7) is 0.861. The molecule has 0 aliphatic heterocycles. The van der Waals surface area contributed by atoms with E-state index < -0.39 is 0 Å². The molecule has 2 rings (SSSR count). The highest BCUT2D eigenvalue weighted by molar-refractivity contribution is 5.94. The molecule has 3 N–H and O–H groups in total. The van der Waals surface area contributed by atoms with Crippen LogP contribution in [0.4, 0.5) is 0 Å². The van der Waals surface area contributed by atoms with E-state index in [1.54, 1.807) is 0 Å². The fourth-order valence-electron chi connectivity index (χ4n) is 2.95. The monoisotopic (exact) mass is 276 g/mol. The van der Waals surface area contributed by atoms with E-state index in [2.05, 4.69) is 0 Å². The molecule has 20 heavy (non-hydrogen) atoms. The van der Waals surface area contributed by atoms with Gasteiger partial charge in [0.05, 0.1) is 6.61 Å². The Labute approximate surface area is 120 Å². The largest absolute Gasteiger partial charge is 0.395 e. The molecule has 0 spiro atoms. The molecule has 4 heteroatoms. The number of rotatable bonds is 5. The highest BCUT2D eigenvalue weighted by atomic mass is 16.3. The lowest BCUT2D eigenvalue weighted by Crippen LogP contribution is -2.43. The van der Waals surface area contributed by atoms with Crippen LogP contribution in [0, 0.1) is 0 Å². The molecule has 110 valence electrons. The van der Waals surface area contributed by atoms with Gasteiger partial charge in [-0.2, -0.15) is 0 Å². The fraction of sp³-hybridized carbons (Fsp3) is 0.562. The third-order valence-electron chi connectivity index (χ3n) is 4.03. The van der Waals surface area contributed by atoms with Crippen LogP contribution < -0.4 is 5.73 Å². The molecule has 0 bridgehead atoms. The van der Waals surface area contributed by atoms with Crippen LogP contribution in [0.15, 0.2) is 24.3 Å². The number of aliphatic hydroxyl groups is 1. The Kier molecular flexibility index (Phi) is 5.56. The maximum absolute atomic E-state index is 12.7. The van der Waals surface area contributed by atoms with Gasteiger partial charge in [0.15, 0.2) is 0 Å². The summed E-state index contributed by atoms with van der Waals surface area (Å²) in [4.78, 5) is 14.5. The molecular formula is C16H24N2O2. The predicted molar refractivity (Wildman–Crippen MR) is 79.3 cm³/mol. The van der Waals surface area contributed by atoms with E-state index in [9.17, 15) is 9.90 Å². The van der Waals surface area contributed by atoms with Crippen LogP contribution in [0.2, 0.25) is 0 Å². The van der Waals surface area contributed by atoms with E-state index in [0.29, 0.717) is 18.7 Å². The van der Waals surface area contributed by atoms with E-state index >= 15 is 0 Å². The number of carbonyl (C=O) groups is 1. The fourth-order valence-corrected chi connectivity index (χ4v) is 2.95. The minimum Gasteiger partial charge on any atom is -0.395 e. The van der Waals surface area contributed by atoms with Crippen molar-refractivity contribution in [2.45, 2.75) is 44.7 Å². The van der Waals surface area contributed by atoms with E-state index in [1.165, 1.54) is 19.3 Å². The zero-order valence-corrected chi connectivity index (χ0v) is 11.9. The number of benzene rings is 1. The third-order valence-corrected chi connectivity index (χ3v) is 4.03. The average Bonchev–Trinajstić information content (AvgIpc) is 2.53. The van der Waals surface area contributed by atoms with Crippen molar-refractivity contribution in [2.24, 2.45) is 5.73 Å². The molecule has 1 aliphatic rings. The van der Waals surface area contributed by atoms with Gasteiger partial charge >= 0.3 is 0 Å². The number of carbonyl (C=O) groups excluding carboxylic acids is 1. The molecule has 1 aliphatic carbocycles. The number of hydrogen-bond acceptors (Lipinski definition) is 3. The highest BCUT2D eigenvalue weighted by Gasteiger charge is 2.25.